The molecule has 0 aromatic rings. The highest BCUT2D eigenvalue weighted by Crippen LogP contribution is 1.80. The molecule has 11 heavy (non-hydrogen) atoms. The van der Waals surface area contributed by atoms with Crippen molar-refractivity contribution in [1.29, 1.82) is 5.26 Å². The van der Waals surface area contributed by atoms with E-state index in [1.54, 1.807) is 0 Å². The molecular weight excluding hydrogens is 179 g/mol. The Hall–Kier alpha value is -1.11. The van der Waals surface area contributed by atoms with E-state index >= 15 is 0 Å². The summed E-state index contributed by atoms with van der Waals surface area (Å²) >= 11 is 0. The van der Waals surface area contributed by atoms with E-state index in [4.69, 9.17) is 11.0 Å². The fourth-order valence-corrected chi connectivity index (χ4v) is 0.337. The molecular formula is C2H3ClN4O4. The number of halogens is 1. The molecule has 0 aliphatic heterocycles. The Morgan fingerprint density at radius 2 is 2.18 bits per heavy atom. The molecule has 3 N–H and O–H groups in total. The molecule has 0 radical (unpaired) electrons. The number of nitrogens with zero attached hydrogens (tertiary/aromatic N) is 2. The van der Waals surface area contributed by atoms with Crippen LogP contribution in [0.25, 0.3) is 0 Å². The highest BCUT2D eigenvalue weighted by molar-refractivity contribution is 5.77. The van der Waals surface area contributed by atoms with Crippen LogP contribution in [-0.2, 0) is 4.39 Å². The number of hydrogen-bond acceptors (Lipinski definition) is 6. The molecule has 0 fully saturated rings. The predicted octanol–water partition coefficient (Wildman–Crippen LogP) is -4.80. The molecule has 8 nitrogen and oxygen atoms in total. The Balaban J connectivity index is 3.74. The average Bonchev–Trinajstić information content (AvgIpc) is 1.83. The number of rotatable bonds is 2. The highest BCUT2D eigenvalue weighted by Gasteiger charge is 2.18. The zero-order chi connectivity index (χ0) is 8.91. The van der Waals surface area contributed by atoms with Crippen molar-refractivity contribution in [3.63, 3.8) is 0 Å². The molecule has 9 heteroatoms. The van der Waals surface area contributed by atoms with Crippen molar-refractivity contribution in [3.05, 3.63) is 0 Å². The Bertz CT molecular complexity index is 191. The van der Waals surface area contributed by atoms with Gasteiger partial charge in [-0.1, -0.05) is 5.48 Å². The summed E-state index contributed by atoms with van der Waals surface area (Å²) in [6.45, 7) is 0. The third-order valence-corrected chi connectivity index (χ3v) is 0.674. The van der Waals surface area contributed by atoms with Crippen LogP contribution in [0, 0.1) is 21.7 Å². The highest BCUT2D eigenvalue weighted by atomic mass is 35.7. The first-order valence-corrected chi connectivity index (χ1v) is 3.27. The number of nitriles is 1. The maximum Gasteiger partial charge on any atom is 0.242 e. The Morgan fingerprint density at radius 3 is 2.55 bits per heavy atom. The van der Waals surface area contributed by atoms with E-state index in [2.05, 4.69) is 9.38 Å². The number of guanidine groups is 1. The van der Waals surface area contributed by atoms with Crippen molar-refractivity contribution in [2.24, 2.45) is 10.7 Å². The smallest absolute Gasteiger partial charge is 0.242 e. The first-order chi connectivity index (χ1) is 4.95. The van der Waals surface area contributed by atoms with Gasteiger partial charge in [0.05, 0.1) is 0 Å². The third-order valence-electron chi connectivity index (χ3n) is 0.408. The van der Waals surface area contributed by atoms with Gasteiger partial charge in [0.2, 0.25) is 16.5 Å². The maximum atomic E-state index is 9.68. The van der Waals surface area contributed by atoms with E-state index < -0.39 is 16.2 Å². The quantitative estimate of drug-likeness (QED) is 0.188. The molecule has 0 aromatic carbocycles. The van der Waals surface area contributed by atoms with E-state index in [9.17, 15) is 14.0 Å². The zero-order valence-corrected chi connectivity index (χ0v) is 5.74. The van der Waals surface area contributed by atoms with Gasteiger partial charge in [0.25, 0.3) is 0 Å². The summed E-state index contributed by atoms with van der Waals surface area (Å²) in [6, 6.07) is 0. The van der Waals surface area contributed by atoms with E-state index in [1.807, 2.05) is 0 Å². The van der Waals surface area contributed by atoms with Crippen LogP contribution in [0.15, 0.2) is 4.99 Å². The Kier molecular flexibility index (Phi) is 3.52. The molecule has 0 heterocycles. The summed E-state index contributed by atoms with van der Waals surface area (Å²) in [6.07, 6.45) is 1.22. The van der Waals surface area contributed by atoms with Gasteiger partial charge in [-0.15, -0.1) is 4.99 Å². The van der Waals surface area contributed by atoms with Gasteiger partial charge >= 0.3 is 0 Å². The molecule has 0 unspecified atom stereocenters. The van der Waals surface area contributed by atoms with Crippen molar-refractivity contribution in [2.45, 2.75) is 0 Å². The molecule has 0 bridgehead atoms. The van der Waals surface area contributed by atoms with Gasteiger partial charge < -0.3 is 5.73 Å². The van der Waals surface area contributed by atoms with Crippen molar-refractivity contribution in [2.75, 3.05) is 0 Å². The van der Waals surface area contributed by atoms with Gasteiger partial charge in [0, 0.05) is 0 Å². The Labute approximate surface area is 63.2 Å². The molecule has 0 aliphatic carbocycles. The molecule has 62 valence electrons. The maximum absolute atomic E-state index is 9.68. The summed E-state index contributed by atoms with van der Waals surface area (Å²) in [5.41, 5.74) is 6.19. The van der Waals surface area contributed by atoms with Gasteiger partial charge in [-0.25, -0.2) is 0 Å². The fourth-order valence-electron chi connectivity index (χ4n) is 0.163. The second-order valence-corrected chi connectivity index (χ2v) is 2.06. The number of hydroxylamine groups is 1. The lowest BCUT2D eigenvalue weighted by atomic mass is 11.0. The summed E-state index contributed by atoms with van der Waals surface area (Å²) in [4.78, 5) is 2.78. The summed E-state index contributed by atoms with van der Waals surface area (Å²) in [7, 11) is -4.61. The molecule has 0 aromatic heterocycles. The molecule has 0 spiro atoms. The van der Waals surface area contributed by atoms with E-state index in [1.165, 1.54) is 11.7 Å². The molecule has 0 saturated heterocycles. The first-order valence-electron chi connectivity index (χ1n) is 2.03. The Morgan fingerprint density at radius 1 is 1.64 bits per heavy atom. The number of nitrogens with two attached hydrogens (primary N) is 1. The summed E-state index contributed by atoms with van der Waals surface area (Å²) < 4.78 is 32.4. The van der Waals surface area contributed by atoms with Crippen LogP contribution >= 0.6 is 0 Å². The lowest BCUT2D eigenvalue weighted by molar-refractivity contribution is -1.92. The minimum Gasteiger partial charge on any atom is -0.367 e. The van der Waals surface area contributed by atoms with Gasteiger partial charge in [0.15, 0.2) is 0 Å². The SMILES string of the molecule is N#CN=C(N)NO[Cl+3]([O-])([O-])[O-]. The van der Waals surface area contributed by atoms with Crippen LogP contribution in [0.2, 0.25) is 0 Å². The lowest BCUT2D eigenvalue weighted by Gasteiger charge is -2.10. The number of aliphatic imine (C=N–C) groups is 1. The first kappa shape index (κ1) is 9.89. The van der Waals surface area contributed by atoms with E-state index in [0.717, 1.165) is 0 Å². The zero-order valence-electron chi connectivity index (χ0n) is 4.98. The molecule has 0 amide bonds. The summed E-state index contributed by atoms with van der Waals surface area (Å²) in [5.74, 6) is -0.626. The second-order valence-electron chi connectivity index (χ2n) is 1.15. The average molecular weight is 183 g/mol. The normalized spacial score (nSPS) is 12.4. The van der Waals surface area contributed by atoms with Crippen molar-refractivity contribution in [1.82, 2.24) is 5.48 Å². The van der Waals surface area contributed by atoms with E-state index in [0.29, 0.717) is 0 Å². The van der Waals surface area contributed by atoms with Gasteiger partial charge in [-0.3, -0.25) is 0 Å². The largest absolute Gasteiger partial charge is 0.367 e. The topological polar surface area (TPSA) is 153 Å². The van der Waals surface area contributed by atoms with Crippen molar-refractivity contribution < 1.29 is 28.6 Å². The third kappa shape index (κ3) is 6.78. The van der Waals surface area contributed by atoms with Crippen LogP contribution in [0.3, 0.4) is 0 Å². The predicted molar refractivity (Wildman–Crippen MR) is 21.5 cm³/mol. The van der Waals surface area contributed by atoms with E-state index in [-0.39, 0.29) is 0 Å². The fraction of sp³-hybridized carbons (Fsp3) is 0. The minimum absolute atomic E-state index is 0.626. The van der Waals surface area contributed by atoms with Crippen LogP contribution in [0.4, 0.5) is 0 Å². The number of nitrogens with one attached hydrogen (secondary N) is 1. The van der Waals surface area contributed by atoms with Crippen LogP contribution in [0.5, 0.6) is 0 Å². The van der Waals surface area contributed by atoms with Gasteiger partial charge in [0.1, 0.15) is 10.2 Å². The van der Waals surface area contributed by atoms with Crippen molar-refractivity contribution in [3.8, 4) is 6.19 Å². The van der Waals surface area contributed by atoms with Crippen LogP contribution in [-0.4, -0.2) is 5.96 Å². The minimum atomic E-state index is -4.61. The molecule has 0 rings (SSSR count). The second kappa shape index (κ2) is 3.91. The van der Waals surface area contributed by atoms with Gasteiger partial charge in [-0.05, 0) is 0 Å². The molecule has 0 atom stereocenters. The van der Waals surface area contributed by atoms with Gasteiger partial charge in [-0.2, -0.15) is 19.2 Å². The lowest BCUT2D eigenvalue weighted by Crippen LogP contribution is -2.63. The van der Waals surface area contributed by atoms with Crippen LogP contribution < -0.4 is 25.2 Å². The van der Waals surface area contributed by atoms with Crippen LogP contribution in [0.1, 0.15) is 0 Å². The summed E-state index contributed by atoms with van der Waals surface area (Å²) in [5, 5.41) is 7.82. The standard InChI is InChI=1S/C2H3ClN4O4/c4-1-6-2(5)7-11-3(8,9)10/h(H3,5,6,7). The monoisotopic (exact) mass is 182 g/mol. The van der Waals surface area contributed by atoms with Crippen molar-refractivity contribution >= 4 is 5.96 Å². The molecule has 0 aliphatic rings. The molecule has 0 saturated carbocycles. The number of hydrogen-bond donors (Lipinski definition) is 2.